The third kappa shape index (κ3) is 3.69. The topological polar surface area (TPSA) is 82.5 Å². The number of rotatable bonds is 5. The molecule has 2 rings (SSSR count). The summed E-state index contributed by atoms with van der Waals surface area (Å²) in [4.78, 5) is 28.8. The van der Waals surface area contributed by atoms with Crippen LogP contribution in [0.5, 0.6) is 0 Å². The average Bonchev–Trinajstić information content (AvgIpc) is 2.94. The first kappa shape index (κ1) is 14.8. The zero-order valence-electron chi connectivity index (χ0n) is 10.9. The lowest BCUT2D eigenvalue weighted by atomic mass is 10.2. The number of aromatic nitrogens is 1. The first-order valence-corrected chi connectivity index (χ1v) is 7.27. The summed E-state index contributed by atoms with van der Waals surface area (Å²) in [5, 5.41) is 12.0. The van der Waals surface area contributed by atoms with Gasteiger partial charge in [-0.05, 0) is 34.8 Å². The van der Waals surface area contributed by atoms with Gasteiger partial charge in [-0.15, -0.1) is 0 Å². The maximum Gasteiger partial charge on any atom is 0.339 e. The lowest BCUT2D eigenvalue weighted by molar-refractivity contribution is -0.129. The molecule has 1 fully saturated rings. The number of aromatic carboxylic acids is 1. The molecule has 0 spiro atoms. The normalized spacial score (nSPS) is 14.3. The van der Waals surface area contributed by atoms with E-state index in [1.165, 1.54) is 12.3 Å². The summed E-state index contributed by atoms with van der Waals surface area (Å²) in [5.74, 6) is -0.661. The molecule has 1 saturated heterocycles. The number of carboxylic acid groups (broad SMARTS) is 1. The van der Waals surface area contributed by atoms with Gasteiger partial charge in [0.2, 0.25) is 5.91 Å². The Morgan fingerprint density at radius 3 is 2.75 bits per heavy atom. The van der Waals surface area contributed by atoms with E-state index in [9.17, 15) is 9.59 Å². The number of pyridine rings is 1. The highest BCUT2D eigenvalue weighted by Gasteiger charge is 2.18. The molecular weight excluding hydrogens is 326 g/mol. The van der Waals surface area contributed by atoms with E-state index in [1.807, 2.05) is 4.90 Å². The number of anilines is 1. The van der Waals surface area contributed by atoms with Gasteiger partial charge in [-0.3, -0.25) is 4.79 Å². The molecule has 2 heterocycles. The molecule has 6 nitrogen and oxygen atoms in total. The highest BCUT2D eigenvalue weighted by Crippen LogP contribution is 2.18. The molecule has 1 aliphatic heterocycles. The van der Waals surface area contributed by atoms with Gasteiger partial charge < -0.3 is 15.3 Å². The molecule has 1 aromatic heterocycles. The molecule has 7 heteroatoms. The fourth-order valence-corrected chi connectivity index (χ4v) is 2.49. The number of carbonyl (C=O) groups is 2. The van der Waals surface area contributed by atoms with Crippen molar-refractivity contribution in [1.29, 1.82) is 0 Å². The van der Waals surface area contributed by atoms with Crippen molar-refractivity contribution in [3.8, 4) is 0 Å². The van der Waals surface area contributed by atoms with E-state index in [4.69, 9.17) is 5.11 Å². The monoisotopic (exact) mass is 341 g/mol. The quantitative estimate of drug-likeness (QED) is 0.855. The molecule has 2 N–H and O–H groups in total. The van der Waals surface area contributed by atoms with Gasteiger partial charge in [-0.1, -0.05) is 0 Å². The number of halogens is 1. The van der Waals surface area contributed by atoms with Crippen LogP contribution in [0.4, 0.5) is 5.82 Å². The summed E-state index contributed by atoms with van der Waals surface area (Å²) < 4.78 is 0.605. The van der Waals surface area contributed by atoms with E-state index >= 15 is 0 Å². The molecule has 108 valence electrons. The molecule has 0 radical (unpaired) electrons. The average molecular weight is 342 g/mol. The summed E-state index contributed by atoms with van der Waals surface area (Å²) in [5.41, 5.74) is 0.0907. The maximum atomic E-state index is 11.9. The molecule has 0 aromatic carbocycles. The van der Waals surface area contributed by atoms with Crippen molar-refractivity contribution in [2.45, 2.75) is 19.3 Å². The molecular formula is C13H16BrN3O3. The van der Waals surface area contributed by atoms with Gasteiger partial charge in [0.05, 0.1) is 0 Å². The van der Waals surface area contributed by atoms with Crippen molar-refractivity contribution >= 4 is 33.6 Å². The Morgan fingerprint density at radius 1 is 1.40 bits per heavy atom. The van der Waals surface area contributed by atoms with Gasteiger partial charge in [0, 0.05) is 36.7 Å². The van der Waals surface area contributed by atoms with Crippen molar-refractivity contribution in [3.63, 3.8) is 0 Å². The van der Waals surface area contributed by atoms with E-state index in [0.29, 0.717) is 17.4 Å². The van der Waals surface area contributed by atoms with E-state index in [0.717, 1.165) is 25.9 Å². The summed E-state index contributed by atoms with van der Waals surface area (Å²) in [7, 11) is 0. The highest BCUT2D eigenvalue weighted by molar-refractivity contribution is 9.10. The third-order valence-corrected chi connectivity index (χ3v) is 3.61. The second-order valence-corrected chi connectivity index (χ2v) is 5.54. The van der Waals surface area contributed by atoms with Crippen LogP contribution in [-0.2, 0) is 4.79 Å². The fourth-order valence-electron chi connectivity index (χ4n) is 2.16. The van der Waals surface area contributed by atoms with Crippen molar-refractivity contribution in [2.75, 3.05) is 25.0 Å². The zero-order valence-corrected chi connectivity index (χ0v) is 12.5. The molecule has 0 saturated carbocycles. The minimum Gasteiger partial charge on any atom is -0.478 e. The molecule has 0 aliphatic carbocycles. The minimum absolute atomic E-state index is 0.0907. The van der Waals surface area contributed by atoms with E-state index in [2.05, 4.69) is 26.2 Å². The van der Waals surface area contributed by atoms with Gasteiger partial charge in [0.15, 0.2) is 0 Å². The van der Waals surface area contributed by atoms with Gasteiger partial charge in [-0.2, -0.15) is 0 Å². The SMILES string of the molecule is O=C(O)c1cc(Br)cnc1NCCC(=O)N1CCCC1. The second kappa shape index (κ2) is 6.69. The number of hydrogen-bond donors (Lipinski definition) is 2. The number of carbonyl (C=O) groups excluding carboxylic acids is 1. The standard InChI is InChI=1S/C13H16BrN3O3/c14-9-7-10(13(19)20)12(16-8-9)15-4-3-11(18)17-5-1-2-6-17/h7-8H,1-6H2,(H,15,16)(H,19,20). The Bertz CT molecular complexity index is 516. The van der Waals surface area contributed by atoms with Gasteiger partial charge in [0.1, 0.15) is 11.4 Å². The molecule has 1 aromatic rings. The zero-order chi connectivity index (χ0) is 14.5. The third-order valence-electron chi connectivity index (χ3n) is 3.17. The van der Waals surface area contributed by atoms with Crippen molar-refractivity contribution in [1.82, 2.24) is 9.88 Å². The molecule has 0 unspecified atom stereocenters. The fraction of sp³-hybridized carbons (Fsp3) is 0.462. The predicted octanol–water partition coefficient (Wildman–Crippen LogP) is 1.97. The number of likely N-dealkylation sites (tertiary alicyclic amines) is 1. The Labute approximate surface area is 125 Å². The van der Waals surface area contributed by atoms with Crippen molar-refractivity contribution in [2.24, 2.45) is 0 Å². The van der Waals surface area contributed by atoms with Crippen LogP contribution in [-0.4, -0.2) is 46.5 Å². The summed E-state index contributed by atoms with van der Waals surface area (Å²) in [6.45, 7) is 2.04. The summed E-state index contributed by atoms with van der Waals surface area (Å²) in [6.07, 6.45) is 4.00. The van der Waals surface area contributed by atoms with Gasteiger partial charge >= 0.3 is 5.97 Å². The Hall–Kier alpha value is -1.63. The minimum atomic E-state index is -1.05. The Kier molecular flexibility index (Phi) is 4.94. The Morgan fingerprint density at radius 2 is 2.10 bits per heavy atom. The van der Waals surface area contributed by atoms with Crippen molar-refractivity contribution < 1.29 is 14.7 Å². The Balaban J connectivity index is 1.90. The molecule has 20 heavy (non-hydrogen) atoms. The van der Waals surface area contributed by atoms with Gasteiger partial charge in [-0.25, -0.2) is 9.78 Å². The summed E-state index contributed by atoms with van der Waals surface area (Å²) in [6, 6.07) is 1.49. The molecule has 1 amide bonds. The first-order valence-electron chi connectivity index (χ1n) is 6.48. The van der Waals surface area contributed by atoms with Crippen LogP contribution in [0.1, 0.15) is 29.6 Å². The largest absolute Gasteiger partial charge is 0.478 e. The van der Waals surface area contributed by atoms with Crippen LogP contribution in [0.25, 0.3) is 0 Å². The van der Waals surface area contributed by atoms with E-state index in [-0.39, 0.29) is 17.3 Å². The molecule has 0 atom stereocenters. The highest BCUT2D eigenvalue weighted by atomic mass is 79.9. The van der Waals surface area contributed by atoms with Crippen LogP contribution in [0.15, 0.2) is 16.7 Å². The number of nitrogens with zero attached hydrogens (tertiary/aromatic N) is 2. The van der Waals surface area contributed by atoms with Crippen LogP contribution < -0.4 is 5.32 Å². The second-order valence-electron chi connectivity index (χ2n) is 4.62. The van der Waals surface area contributed by atoms with Gasteiger partial charge in [0.25, 0.3) is 0 Å². The first-order chi connectivity index (χ1) is 9.58. The van der Waals surface area contributed by atoms with Crippen LogP contribution in [0.2, 0.25) is 0 Å². The van der Waals surface area contributed by atoms with Crippen molar-refractivity contribution in [3.05, 3.63) is 22.3 Å². The van der Waals surface area contributed by atoms with E-state index in [1.54, 1.807) is 0 Å². The number of carboxylic acids is 1. The number of nitrogens with one attached hydrogen (secondary N) is 1. The van der Waals surface area contributed by atoms with Crippen LogP contribution in [0, 0.1) is 0 Å². The lowest BCUT2D eigenvalue weighted by Gasteiger charge is -2.15. The number of amides is 1. The predicted molar refractivity (Wildman–Crippen MR) is 77.8 cm³/mol. The van der Waals surface area contributed by atoms with E-state index < -0.39 is 5.97 Å². The van der Waals surface area contributed by atoms with Crippen LogP contribution >= 0.6 is 15.9 Å². The summed E-state index contributed by atoms with van der Waals surface area (Å²) >= 11 is 3.19. The maximum absolute atomic E-state index is 11.9. The molecule has 1 aliphatic rings. The van der Waals surface area contributed by atoms with Crippen LogP contribution in [0.3, 0.4) is 0 Å². The smallest absolute Gasteiger partial charge is 0.339 e. The number of hydrogen-bond acceptors (Lipinski definition) is 4. The molecule has 0 bridgehead atoms. The lowest BCUT2D eigenvalue weighted by Crippen LogP contribution is -2.29.